The average molecular weight is 436 g/mol. The molecule has 4 rings (SSSR count). The number of benzene rings is 1. The van der Waals surface area contributed by atoms with Gasteiger partial charge in [0.25, 0.3) is 5.91 Å². The third-order valence-electron chi connectivity index (χ3n) is 5.65. The Kier molecular flexibility index (Phi) is 5.55. The number of likely N-dealkylation sites (N-methyl/N-ethyl adjacent to an activating group) is 1. The maximum absolute atomic E-state index is 12.9. The predicted molar refractivity (Wildman–Crippen MR) is 110 cm³/mol. The average Bonchev–Trinajstić information content (AvgIpc) is 2.76. The highest BCUT2D eigenvalue weighted by Gasteiger charge is 2.41. The molecule has 1 saturated heterocycles. The fourth-order valence-electron chi connectivity index (χ4n) is 3.83. The maximum atomic E-state index is 12.9. The largest absolute Gasteiger partial charge is 0.493 e. The van der Waals surface area contributed by atoms with Gasteiger partial charge in [-0.05, 0) is 25.0 Å². The minimum Gasteiger partial charge on any atom is -0.493 e. The molecule has 10 heteroatoms. The van der Waals surface area contributed by atoms with Gasteiger partial charge in [0.15, 0.2) is 18.2 Å². The highest BCUT2D eigenvalue weighted by Crippen LogP contribution is 2.38. The fourth-order valence-corrected chi connectivity index (χ4v) is 3.83. The summed E-state index contributed by atoms with van der Waals surface area (Å²) in [5, 5.41) is 3.22. The van der Waals surface area contributed by atoms with E-state index in [1.54, 1.807) is 36.3 Å². The van der Waals surface area contributed by atoms with Crippen LogP contribution in [-0.2, 0) is 4.79 Å². The molecule has 1 aromatic carbocycles. The quantitative estimate of drug-likeness (QED) is 0.783. The summed E-state index contributed by atoms with van der Waals surface area (Å²) in [5.41, 5.74) is 2.09. The molecule has 1 amide bonds. The number of alkyl halides is 3. The first-order chi connectivity index (χ1) is 14.8. The zero-order valence-corrected chi connectivity index (χ0v) is 17.2. The molecule has 7 nitrogen and oxygen atoms in total. The Morgan fingerprint density at radius 1 is 1.19 bits per heavy atom. The summed E-state index contributed by atoms with van der Waals surface area (Å²) in [4.78, 5) is 19.5. The summed E-state index contributed by atoms with van der Waals surface area (Å²) in [6.07, 6.45) is -2.46. The lowest BCUT2D eigenvalue weighted by atomic mass is 9.96. The first-order valence-electron chi connectivity index (χ1n) is 9.92. The lowest BCUT2D eigenvalue weighted by molar-refractivity contribution is -0.179. The molecule has 0 radical (unpaired) electrons. The molecule has 166 valence electrons. The van der Waals surface area contributed by atoms with Gasteiger partial charge in [-0.1, -0.05) is 0 Å². The van der Waals surface area contributed by atoms with E-state index >= 15 is 0 Å². The normalized spacial score (nSPS) is 17.3. The number of fused-ring (bicyclic) bond motifs is 1. The van der Waals surface area contributed by atoms with Crippen molar-refractivity contribution in [2.24, 2.45) is 5.92 Å². The molecule has 2 aliphatic rings. The minimum atomic E-state index is -4.15. The van der Waals surface area contributed by atoms with Crippen LogP contribution < -0.4 is 24.6 Å². The topological polar surface area (TPSA) is 66.9 Å². The van der Waals surface area contributed by atoms with Gasteiger partial charge in [-0.3, -0.25) is 4.79 Å². The second-order valence-electron chi connectivity index (χ2n) is 7.60. The Bertz CT molecular complexity index is 975. The van der Waals surface area contributed by atoms with Crippen LogP contribution >= 0.6 is 0 Å². The summed E-state index contributed by atoms with van der Waals surface area (Å²) in [7, 11) is 3.20. The Morgan fingerprint density at radius 3 is 2.61 bits per heavy atom. The van der Waals surface area contributed by atoms with Gasteiger partial charge in [-0.2, -0.15) is 13.2 Å². The molecule has 2 aliphatic heterocycles. The summed E-state index contributed by atoms with van der Waals surface area (Å²) < 4.78 is 49.7. The lowest BCUT2D eigenvalue weighted by Crippen LogP contribution is -2.39. The molecule has 1 N–H and O–H groups in total. The van der Waals surface area contributed by atoms with Crippen molar-refractivity contribution in [1.82, 2.24) is 4.98 Å². The van der Waals surface area contributed by atoms with E-state index in [0.29, 0.717) is 28.7 Å². The van der Waals surface area contributed by atoms with Crippen molar-refractivity contribution >= 4 is 28.8 Å². The van der Waals surface area contributed by atoms with Crippen molar-refractivity contribution < 1.29 is 27.4 Å². The van der Waals surface area contributed by atoms with Gasteiger partial charge in [-0.25, -0.2) is 4.98 Å². The summed E-state index contributed by atoms with van der Waals surface area (Å²) in [6, 6.07) is 7.16. The van der Waals surface area contributed by atoms with Crippen LogP contribution in [-0.4, -0.2) is 50.9 Å². The third kappa shape index (κ3) is 4.33. The number of hydrogen-bond donors (Lipinski definition) is 1. The van der Waals surface area contributed by atoms with Gasteiger partial charge in [0.2, 0.25) is 0 Å². The zero-order valence-electron chi connectivity index (χ0n) is 17.2. The van der Waals surface area contributed by atoms with Gasteiger partial charge in [0, 0.05) is 38.0 Å². The number of aromatic nitrogens is 1. The van der Waals surface area contributed by atoms with E-state index in [1.807, 2.05) is 11.0 Å². The Labute approximate surface area is 177 Å². The molecule has 0 bridgehead atoms. The third-order valence-corrected chi connectivity index (χ3v) is 5.65. The molecular formula is C21H23F3N4O3. The van der Waals surface area contributed by atoms with Crippen molar-refractivity contribution in [2.75, 3.05) is 49.0 Å². The molecule has 3 heterocycles. The molecule has 0 atom stereocenters. The van der Waals surface area contributed by atoms with Gasteiger partial charge < -0.3 is 24.6 Å². The fraction of sp³-hybridized carbons (Fsp3) is 0.429. The van der Waals surface area contributed by atoms with Gasteiger partial charge in [0.1, 0.15) is 5.75 Å². The van der Waals surface area contributed by atoms with E-state index in [1.165, 1.54) is 7.11 Å². The highest BCUT2D eigenvalue weighted by molar-refractivity contribution is 5.97. The highest BCUT2D eigenvalue weighted by atomic mass is 19.4. The van der Waals surface area contributed by atoms with Crippen LogP contribution in [0.15, 0.2) is 30.5 Å². The van der Waals surface area contributed by atoms with Crippen LogP contribution in [0.3, 0.4) is 0 Å². The van der Waals surface area contributed by atoms with E-state index < -0.39 is 12.1 Å². The van der Waals surface area contributed by atoms with Crippen LogP contribution in [0, 0.1) is 5.92 Å². The van der Waals surface area contributed by atoms with Crippen LogP contribution in [0.25, 0.3) is 0 Å². The number of nitrogens with zero attached hydrogens (tertiary/aromatic N) is 3. The molecule has 1 fully saturated rings. The Hall–Kier alpha value is -3.17. The number of carbonyl (C=O) groups excluding carboxylic acids is 1. The molecule has 31 heavy (non-hydrogen) atoms. The number of halogens is 3. The van der Waals surface area contributed by atoms with Crippen LogP contribution in [0.1, 0.15) is 12.8 Å². The van der Waals surface area contributed by atoms with E-state index in [9.17, 15) is 18.0 Å². The molecule has 1 aromatic heterocycles. The standard InChI is InChI=1S/C21H23F3N4O3/c1-27-16-4-3-14(9-17(16)31-12-19(27)29)26-15-10-18(30-2)20(25-11-15)28-7-5-13(6-8-28)21(22,23)24/h3-4,9-11,13,26H,5-8,12H2,1-2H3. The Morgan fingerprint density at radius 2 is 1.94 bits per heavy atom. The molecule has 2 aromatic rings. The van der Waals surface area contributed by atoms with E-state index in [2.05, 4.69) is 10.3 Å². The molecule has 0 unspecified atom stereocenters. The number of anilines is 4. The number of rotatable bonds is 4. The SMILES string of the molecule is COc1cc(Nc2ccc3c(c2)OCC(=O)N3C)cnc1N1CCC(C(F)(F)F)CC1. The number of hydrogen-bond acceptors (Lipinski definition) is 6. The zero-order chi connectivity index (χ0) is 22.2. The molecular weight excluding hydrogens is 413 g/mol. The van der Waals surface area contributed by atoms with Crippen LogP contribution in [0.2, 0.25) is 0 Å². The minimum absolute atomic E-state index is 0.0118. The molecule has 0 saturated carbocycles. The van der Waals surface area contributed by atoms with Crippen molar-refractivity contribution in [3.8, 4) is 11.5 Å². The van der Waals surface area contributed by atoms with Gasteiger partial charge in [0.05, 0.1) is 30.6 Å². The summed E-state index contributed by atoms with van der Waals surface area (Å²) in [5.74, 6) is 0.224. The van der Waals surface area contributed by atoms with E-state index in [0.717, 1.165) is 5.69 Å². The number of amides is 1. The molecule has 0 spiro atoms. The maximum Gasteiger partial charge on any atom is 0.391 e. The smallest absolute Gasteiger partial charge is 0.391 e. The number of piperidine rings is 1. The van der Waals surface area contributed by atoms with Crippen molar-refractivity contribution in [1.29, 1.82) is 0 Å². The van der Waals surface area contributed by atoms with Crippen molar-refractivity contribution in [3.05, 3.63) is 30.5 Å². The second kappa shape index (κ2) is 8.16. The molecule has 0 aliphatic carbocycles. The summed E-state index contributed by atoms with van der Waals surface area (Å²) in [6.45, 7) is 0.533. The van der Waals surface area contributed by atoms with Crippen LogP contribution in [0.4, 0.5) is 36.1 Å². The lowest BCUT2D eigenvalue weighted by Gasteiger charge is -2.34. The van der Waals surface area contributed by atoms with E-state index in [4.69, 9.17) is 9.47 Å². The monoisotopic (exact) mass is 436 g/mol. The van der Waals surface area contributed by atoms with Crippen LogP contribution in [0.5, 0.6) is 11.5 Å². The number of carbonyl (C=O) groups is 1. The first kappa shape index (κ1) is 21.1. The van der Waals surface area contributed by atoms with Crippen molar-refractivity contribution in [3.63, 3.8) is 0 Å². The number of methoxy groups -OCH3 is 1. The number of nitrogens with one attached hydrogen (secondary N) is 1. The summed E-state index contributed by atoms with van der Waals surface area (Å²) >= 11 is 0. The Balaban J connectivity index is 1.48. The second-order valence-corrected chi connectivity index (χ2v) is 7.60. The first-order valence-corrected chi connectivity index (χ1v) is 9.92. The van der Waals surface area contributed by atoms with E-state index in [-0.39, 0.29) is 38.4 Å². The predicted octanol–water partition coefficient (Wildman–Crippen LogP) is 3.97. The number of ether oxygens (including phenoxy) is 2. The number of pyridine rings is 1. The van der Waals surface area contributed by atoms with Gasteiger partial charge in [-0.15, -0.1) is 0 Å². The van der Waals surface area contributed by atoms with Crippen molar-refractivity contribution in [2.45, 2.75) is 19.0 Å². The van der Waals surface area contributed by atoms with Gasteiger partial charge >= 0.3 is 6.18 Å².